The van der Waals surface area contributed by atoms with Gasteiger partial charge in [-0.05, 0) is 31.0 Å². The average Bonchev–Trinajstić information content (AvgIpc) is 3.13. The molecule has 1 saturated carbocycles. The number of carbonyl (C=O) groups is 1. The fourth-order valence-electron chi connectivity index (χ4n) is 3.20. The monoisotopic (exact) mass is 297 g/mol. The highest BCUT2D eigenvalue weighted by Crippen LogP contribution is 2.31. The van der Waals surface area contributed by atoms with E-state index in [0.717, 1.165) is 34.9 Å². The van der Waals surface area contributed by atoms with Crippen LogP contribution in [0.1, 0.15) is 31.7 Å². The number of nitrogens with zero attached hydrogens (tertiary/aromatic N) is 2. The SMILES string of the molecule is O=C1CCC(n2cc(-c3c[nH]c4cc(F)ccc34)cn2)CC1. The Kier molecular flexibility index (Phi) is 3.06. The van der Waals surface area contributed by atoms with Crippen molar-refractivity contribution in [1.82, 2.24) is 14.8 Å². The summed E-state index contributed by atoms with van der Waals surface area (Å²) in [6.07, 6.45) is 8.75. The zero-order chi connectivity index (χ0) is 15.1. The topological polar surface area (TPSA) is 50.7 Å². The molecule has 0 atom stereocenters. The van der Waals surface area contributed by atoms with Gasteiger partial charge in [0.05, 0.1) is 12.2 Å². The molecule has 112 valence electrons. The molecule has 4 rings (SSSR count). The molecule has 1 N–H and O–H groups in total. The van der Waals surface area contributed by atoms with Crippen LogP contribution in [0.4, 0.5) is 4.39 Å². The van der Waals surface area contributed by atoms with E-state index in [-0.39, 0.29) is 5.82 Å². The largest absolute Gasteiger partial charge is 0.360 e. The number of ketones is 1. The third kappa shape index (κ3) is 2.22. The molecule has 1 aliphatic rings. The standard InChI is InChI=1S/C17H16FN3O/c18-12-1-6-15-16(9-19-17(15)7-12)11-8-20-21(10-11)13-2-4-14(22)5-3-13/h1,6-10,13,19H,2-5H2. The minimum absolute atomic E-state index is 0.247. The van der Waals surface area contributed by atoms with Crippen LogP contribution in [-0.4, -0.2) is 20.5 Å². The first-order chi connectivity index (χ1) is 10.7. The molecule has 0 amide bonds. The lowest BCUT2D eigenvalue weighted by atomic mass is 9.94. The number of fused-ring (bicyclic) bond motifs is 1. The summed E-state index contributed by atoms with van der Waals surface area (Å²) in [6, 6.07) is 5.05. The van der Waals surface area contributed by atoms with E-state index in [2.05, 4.69) is 10.1 Å². The average molecular weight is 297 g/mol. The van der Waals surface area contributed by atoms with Crippen molar-refractivity contribution in [3.63, 3.8) is 0 Å². The summed E-state index contributed by atoms with van der Waals surface area (Å²) in [5.41, 5.74) is 2.81. The minimum atomic E-state index is -0.247. The number of H-pyrrole nitrogens is 1. The fourth-order valence-corrected chi connectivity index (χ4v) is 3.20. The summed E-state index contributed by atoms with van der Waals surface area (Å²) in [4.78, 5) is 14.4. The van der Waals surface area contributed by atoms with Crippen molar-refractivity contribution in [3.8, 4) is 11.1 Å². The molecule has 0 spiro atoms. The van der Waals surface area contributed by atoms with E-state index in [4.69, 9.17) is 0 Å². The van der Waals surface area contributed by atoms with Crippen LogP contribution in [0.15, 0.2) is 36.8 Å². The maximum Gasteiger partial charge on any atom is 0.133 e. The van der Waals surface area contributed by atoms with Gasteiger partial charge in [-0.2, -0.15) is 5.10 Å². The Labute approximate surface area is 126 Å². The molecule has 2 heterocycles. The molecule has 2 aromatic heterocycles. The van der Waals surface area contributed by atoms with Gasteiger partial charge in [0.15, 0.2) is 0 Å². The quantitative estimate of drug-likeness (QED) is 0.781. The second kappa shape index (κ2) is 5.09. The van der Waals surface area contributed by atoms with E-state index in [1.54, 1.807) is 6.07 Å². The number of carbonyl (C=O) groups excluding carboxylic acids is 1. The molecule has 0 unspecified atom stereocenters. The Hall–Kier alpha value is -2.43. The number of Topliss-reactive ketones (excluding diaryl/α,β-unsaturated/α-hetero) is 1. The van der Waals surface area contributed by atoms with Crippen molar-refractivity contribution >= 4 is 16.7 Å². The maximum absolute atomic E-state index is 13.3. The molecule has 22 heavy (non-hydrogen) atoms. The van der Waals surface area contributed by atoms with E-state index in [1.807, 2.05) is 23.3 Å². The van der Waals surface area contributed by atoms with Gasteiger partial charge in [0.25, 0.3) is 0 Å². The van der Waals surface area contributed by atoms with Crippen LogP contribution in [0.5, 0.6) is 0 Å². The van der Waals surface area contributed by atoms with Crippen LogP contribution in [0.2, 0.25) is 0 Å². The van der Waals surface area contributed by atoms with Crippen LogP contribution < -0.4 is 0 Å². The lowest BCUT2D eigenvalue weighted by molar-refractivity contribution is -0.120. The summed E-state index contributed by atoms with van der Waals surface area (Å²) in [5.74, 6) is 0.103. The van der Waals surface area contributed by atoms with Gasteiger partial charge in [0, 0.05) is 47.3 Å². The molecular formula is C17H16FN3O. The third-order valence-corrected chi connectivity index (χ3v) is 4.44. The predicted molar refractivity (Wildman–Crippen MR) is 82.0 cm³/mol. The molecular weight excluding hydrogens is 281 g/mol. The van der Waals surface area contributed by atoms with E-state index in [9.17, 15) is 9.18 Å². The Balaban J connectivity index is 1.67. The molecule has 1 aliphatic carbocycles. The van der Waals surface area contributed by atoms with E-state index >= 15 is 0 Å². The fraction of sp³-hybridized carbons (Fsp3) is 0.294. The van der Waals surface area contributed by atoms with E-state index in [0.29, 0.717) is 24.7 Å². The smallest absolute Gasteiger partial charge is 0.133 e. The summed E-state index contributed by atoms with van der Waals surface area (Å²) in [7, 11) is 0. The van der Waals surface area contributed by atoms with Crippen molar-refractivity contribution in [2.75, 3.05) is 0 Å². The highest BCUT2D eigenvalue weighted by atomic mass is 19.1. The van der Waals surface area contributed by atoms with Crippen LogP contribution >= 0.6 is 0 Å². The molecule has 4 nitrogen and oxygen atoms in total. The van der Waals surface area contributed by atoms with Gasteiger partial charge in [-0.1, -0.05) is 0 Å². The first kappa shape index (κ1) is 13.2. The Morgan fingerprint density at radius 1 is 1.27 bits per heavy atom. The lowest BCUT2D eigenvalue weighted by Gasteiger charge is -2.21. The molecule has 1 aromatic carbocycles. The number of halogens is 1. The normalized spacial score (nSPS) is 16.5. The number of benzene rings is 1. The summed E-state index contributed by atoms with van der Waals surface area (Å²) >= 11 is 0. The zero-order valence-corrected chi connectivity index (χ0v) is 12.1. The van der Waals surface area contributed by atoms with Gasteiger partial charge in [0.1, 0.15) is 11.6 Å². The number of aromatic nitrogens is 3. The lowest BCUT2D eigenvalue weighted by Crippen LogP contribution is -2.18. The maximum atomic E-state index is 13.3. The molecule has 0 bridgehead atoms. The molecule has 3 aromatic rings. The molecule has 1 fully saturated rings. The Morgan fingerprint density at radius 3 is 2.91 bits per heavy atom. The number of nitrogens with one attached hydrogen (secondary N) is 1. The van der Waals surface area contributed by atoms with Crippen molar-refractivity contribution in [1.29, 1.82) is 0 Å². The van der Waals surface area contributed by atoms with E-state index in [1.165, 1.54) is 12.1 Å². The zero-order valence-electron chi connectivity index (χ0n) is 12.1. The minimum Gasteiger partial charge on any atom is -0.360 e. The first-order valence-electron chi connectivity index (χ1n) is 7.53. The number of rotatable bonds is 2. The van der Waals surface area contributed by atoms with Crippen LogP contribution in [0.3, 0.4) is 0 Å². The Bertz CT molecular complexity index is 839. The van der Waals surface area contributed by atoms with Crippen molar-refractivity contribution in [2.24, 2.45) is 0 Å². The highest BCUT2D eigenvalue weighted by molar-refractivity contribution is 5.95. The van der Waals surface area contributed by atoms with E-state index < -0.39 is 0 Å². The molecule has 5 heteroatoms. The van der Waals surface area contributed by atoms with Gasteiger partial charge < -0.3 is 4.98 Å². The van der Waals surface area contributed by atoms with Gasteiger partial charge in [0.2, 0.25) is 0 Å². The summed E-state index contributed by atoms with van der Waals surface area (Å²) < 4.78 is 15.2. The predicted octanol–water partition coefficient (Wildman–Crippen LogP) is 3.85. The second-order valence-corrected chi connectivity index (χ2v) is 5.87. The number of hydrogen-bond donors (Lipinski definition) is 1. The van der Waals surface area contributed by atoms with Gasteiger partial charge in [-0.25, -0.2) is 4.39 Å². The van der Waals surface area contributed by atoms with Crippen molar-refractivity contribution in [3.05, 3.63) is 42.6 Å². The van der Waals surface area contributed by atoms with Gasteiger partial charge in [-0.3, -0.25) is 9.48 Å². The second-order valence-electron chi connectivity index (χ2n) is 5.87. The van der Waals surface area contributed by atoms with Crippen LogP contribution in [0.25, 0.3) is 22.0 Å². The summed E-state index contributed by atoms with van der Waals surface area (Å²) in [5, 5.41) is 5.45. The van der Waals surface area contributed by atoms with Crippen molar-refractivity contribution in [2.45, 2.75) is 31.7 Å². The van der Waals surface area contributed by atoms with Crippen LogP contribution in [0, 0.1) is 5.82 Å². The molecule has 0 saturated heterocycles. The Morgan fingerprint density at radius 2 is 2.09 bits per heavy atom. The summed E-state index contributed by atoms with van der Waals surface area (Å²) in [6.45, 7) is 0. The number of aromatic amines is 1. The number of hydrogen-bond acceptors (Lipinski definition) is 2. The van der Waals surface area contributed by atoms with Crippen LogP contribution in [-0.2, 0) is 4.79 Å². The molecule has 0 radical (unpaired) electrons. The highest BCUT2D eigenvalue weighted by Gasteiger charge is 2.21. The molecule has 0 aliphatic heterocycles. The first-order valence-corrected chi connectivity index (χ1v) is 7.53. The van der Waals surface area contributed by atoms with Crippen molar-refractivity contribution < 1.29 is 9.18 Å². The van der Waals surface area contributed by atoms with Gasteiger partial charge >= 0.3 is 0 Å². The third-order valence-electron chi connectivity index (χ3n) is 4.44. The van der Waals surface area contributed by atoms with Gasteiger partial charge in [-0.15, -0.1) is 0 Å².